The van der Waals surface area contributed by atoms with Crippen LogP contribution in [0.3, 0.4) is 0 Å². The number of benzene rings is 1. The molecule has 6 nitrogen and oxygen atoms in total. The monoisotopic (exact) mass is 366 g/mol. The largest absolute Gasteiger partial charge is 0.480 e. The van der Waals surface area contributed by atoms with Crippen molar-refractivity contribution in [1.82, 2.24) is 9.88 Å². The minimum Gasteiger partial charge on any atom is -0.480 e. The predicted octanol–water partition coefficient (Wildman–Crippen LogP) is 3.73. The molecule has 1 saturated heterocycles. The molecule has 2 fully saturated rings. The molecule has 6 heteroatoms. The Kier molecular flexibility index (Phi) is 4.79. The molecule has 2 heterocycles. The summed E-state index contributed by atoms with van der Waals surface area (Å²) in [6, 6.07) is 11.9. The molecule has 27 heavy (non-hydrogen) atoms. The summed E-state index contributed by atoms with van der Waals surface area (Å²) in [4.78, 5) is 30.6. The van der Waals surface area contributed by atoms with Crippen molar-refractivity contribution >= 4 is 11.9 Å². The first-order chi connectivity index (χ1) is 13.1. The van der Waals surface area contributed by atoms with Gasteiger partial charge in [-0.3, -0.25) is 4.79 Å². The minimum absolute atomic E-state index is 0.0209. The number of aliphatic carboxylic acids is 1. The van der Waals surface area contributed by atoms with Gasteiger partial charge in [-0.05, 0) is 43.4 Å². The molecule has 3 atom stereocenters. The maximum absolute atomic E-state index is 13.1. The topological polar surface area (TPSA) is 79.7 Å². The lowest BCUT2D eigenvalue weighted by Gasteiger charge is -2.33. The number of rotatable bonds is 4. The van der Waals surface area contributed by atoms with E-state index in [0.29, 0.717) is 23.6 Å². The third kappa shape index (κ3) is 3.52. The molecule has 1 N–H and O–H groups in total. The number of likely N-dealkylation sites (tertiary alicyclic amines) is 1. The molecule has 1 aromatic heterocycles. The van der Waals surface area contributed by atoms with Gasteiger partial charge in [0, 0.05) is 18.3 Å². The molecule has 1 aromatic carbocycles. The van der Waals surface area contributed by atoms with Crippen molar-refractivity contribution in [3.05, 3.63) is 54.2 Å². The van der Waals surface area contributed by atoms with Crippen LogP contribution in [0.2, 0.25) is 0 Å². The smallest absolute Gasteiger partial charge is 0.326 e. The number of carboxylic acid groups (broad SMARTS) is 1. The number of pyridine rings is 1. The standard InChI is InChI=1S/C21H22N2O4/c24-20(23-17-9-5-4-6-14(17)12-18(23)21(25)26)15-10-11-19(22-13-15)27-16-7-2-1-3-8-16/h1-3,7-8,10-11,13-14,17-18H,4-6,9,12H2,(H,25,26). The summed E-state index contributed by atoms with van der Waals surface area (Å²) >= 11 is 0. The fraction of sp³-hybridized carbons (Fsp3) is 0.381. The lowest BCUT2D eigenvalue weighted by molar-refractivity contribution is -0.141. The number of amides is 1. The van der Waals surface area contributed by atoms with Gasteiger partial charge in [0.1, 0.15) is 11.8 Å². The fourth-order valence-corrected chi connectivity index (χ4v) is 4.30. The highest BCUT2D eigenvalue weighted by Gasteiger charge is 2.47. The van der Waals surface area contributed by atoms with Gasteiger partial charge in [-0.25, -0.2) is 9.78 Å². The second-order valence-electron chi connectivity index (χ2n) is 7.21. The third-order valence-electron chi connectivity index (χ3n) is 5.56. The Morgan fingerprint density at radius 3 is 2.56 bits per heavy atom. The molecule has 0 spiro atoms. The van der Waals surface area contributed by atoms with Gasteiger partial charge in [-0.2, -0.15) is 0 Å². The Balaban J connectivity index is 1.53. The quantitative estimate of drug-likeness (QED) is 0.892. The Morgan fingerprint density at radius 2 is 1.85 bits per heavy atom. The van der Waals surface area contributed by atoms with Crippen LogP contribution < -0.4 is 4.74 Å². The zero-order chi connectivity index (χ0) is 18.8. The zero-order valence-electron chi connectivity index (χ0n) is 15.0. The van der Waals surface area contributed by atoms with Gasteiger partial charge in [0.25, 0.3) is 5.91 Å². The molecule has 140 valence electrons. The van der Waals surface area contributed by atoms with Crippen molar-refractivity contribution in [3.8, 4) is 11.6 Å². The first-order valence-corrected chi connectivity index (χ1v) is 9.38. The number of ether oxygens (including phenoxy) is 1. The van der Waals surface area contributed by atoms with Crippen LogP contribution in [0, 0.1) is 5.92 Å². The van der Waals surface area contributed by atoms with Crippen molar-refractivity contribution in [2.45, 2.75) is 44.2 Å². The second-order valence-corrected chi connectivity index (χ2v) is 7.21. The van der Waals surface area contributed by atoms with Crippen LogP contribution in [-0.4, -0.2) is 39.0 Å². The molecule has 4 rings (SSSR count). The molecule has 0 radical (unpaired) electrons. The number of fused-ring (bicyclic) bond motifs is 1. The van der Waals surface area contributed by atoms with Crippen LogP contribution in [0.15, 0.2) is 48.7 Å². The van der Waals surface area contributed by atoms with E-state index in [0.717, 1.165) is 25.7 Å². The van der Waals surface area contributed by atoms with Crippen LogP contribution in [0.1, 0.15) is 42.5 Å². The number of hydrogen-bond donors (Lipinski definition) is 1. The number of carboxylic acids is 1. The van der Waals surface area contributed by atoms with Gasteiger partial charge in [0.2, 0.25) is 5.88 Å². The number of nitrogens with zero attached hydrogens (tertiary/aromatic N) is 2. The molecular weight excluding hydrogens is 344 g/mol. The van der Waals surface area contributed by atoms with Crippen LogP contribution in [0.4, 0.5) is 0 Å². The van der Waals surface area contributed by atoms with E-state index in [1.807, 2.05) is 30.3 Å². The lowest BCUT2D eigenvalue weighted by atomic mass is 9.84. The summed E-state index contributed by atoms with van der Waals surface area (Å²) in [7, 11) is 0. The van der Waals surface area contributed by atoms with Gasteiger partial charge in [-0.15, -0.1) is 0 Å². The van der Waals surface area contributed by atoms with E-state index < -0.39 is 12.0 Å². The van der Waals surface area contributed by atoms with Gasteiger partial charge >= 0.3 is 5.97 Å². The Labute approximate surface area is 157 Å². The Morgan fingerprint density at radius 1 is 1.07 bits per heavy atom. The SMILES string of the molecule is O=C(O)C1CC2CCCCC2N1C(=O)c1ccc(Oc2ccccc2)nc1. The van der Waals surface area contributed by atoms with Crippen molar-refractivity contribution in [2.24, 2.45) is 5.92 Å². The molecule has 1 aliphatic carbocycles. The first kappa shape index (κ1) is 17.5. The van der Waals surface area contributed by atoms with E-state index in [-0.39, 0.29) is 17.9 Å². The second kappa shape index (κ2) is 7.39. The highest BCUT2D eigenvalue weighted by atomic mass is 16.5. The predicted molar refractivity (Wildman–Crippen MR) is 98.7 cm³/mol. The summed E-state index contributed by atoms with van der Waals surface area (Å²) < 4.78 is 5.65. The van der Waals surface area contributed by atoms with E-state index in [1.54, 1.807) is 17.0 Å². The molecule has 1 amide bonds. The van der Waals surface area contributed by atoms with E-state index in [2.05, 4.69) is 4.98 Å². The molecule has 3 unspecified atom stereocenters. The molecule has 2 aliphatic rings. The summed E-state index contributed by atoms with van der Waals surface area (Å²) in [5, 5.41) is 9.61. The summed E-state index contributed by atoms with van der Waals surface area (Å²) in [6.45, 7) is 0. The summed E-state index contributed by atoms with van der Waals surface area (Å²) in [5.74, 6) is 0.173. The number of hydrogen-bond acceptors (Lipinski definition) is 4. The first-order valence-electron chi connectivity index (χ1n) is 9.38. The lowest BCUT2D eigenvalue weighted by Crippen LogP contribution is -2.46. The van der Waals surface area contributed by atoms with Gasteiger partial charge in [0.05, 0.1) is 5.56 Å². The van der Waals surface area contributed by atoms with Gasteiger partial charge < -0.3 is 14.7 Å². The van der Waals surface area contributed by atoms with Crippen molar-refractivity contribution < 1.29 is 19.4 Å². The number of carbonyl (C=O) groups is 2. The maximum atomic E-state index is 13.1. The van der Waals surface area contributed by atoms with Crippen LogP contribution >= 0.6 is 0 Å². The molecule has 2 aromatic rings. The van der Waals surface area contributed by atoms with Crippen molar-refractivity contribution in [3.63, 3.8) is 0 Å². The van der Waals surface area contributed by atoms with Crippen LogP contribution in [0.25, 0.3) is 0 Å². The van der Waals surface area contributed by atoms with E-state index in [4.69, 9.17) is 4.74 Å². The normalized spacial score (nSPS) is 24.3. The highest BCUT2D eigenvalue weighted by Crippen LogP contribution is 2.40. The Hall–Kier alpha value is -2.89. The number of aromatic nitrogens is 1. The minimum atomic E-state index is -0.922. The molecule has 1 aliphatic heterocycles. The van der Waals surface area contributed by atoms with Crippen molar-refractivity contribution in [1.29, 1.82) is 0 Å². The van der Waals surface area contributed by atoms with Gasteiger partial charge in [-0.1, -0.05) is 31.0 Å². The average molecular weight is 366 g/mol. The molecular formula is C21H22N2O4. The van der Waals surface area contributed by atoms with E-state index in [1.165, 1.54) is 6.20 Å². The molecule has 1 saturated carbocycles. The number of carbonyl (C=O) groups excluding carboxylic acids is 1. The third-order valence-corrected chi connectivity index (χ3v) is 5.56. The summed E-state index contributed by atoms with van der Waals surface area (Å²) in [5.41, 5.74) is 0.396. The fourth-order valence-electron chi connectivity index (χ4n) is 4.30. The van der Waals surface area contributed by atoms with Crippen LogP contribution in [0.5, 0.6) is 11.6 Å². The maximum Gasteiger partial charge on any atom is 0.326 e. The van der Waals surface area contributed by atoms with E-state index in [9.17, 15) is 14.7 Å². The summed E-state index contributed by atoms with van der Waals surface area (Å²) in [6.07, 6.45) is 6.05. The number of para-hydroxylation sites is 1. The molecule has 0 bridgehead atoms. The van der Waals surface area contributed by atoms with E-state index >= 15 is 0 Å². The van der Waals surface area contributed by atoms with Crippen LogP contribution in [-0.2, 0) is 4.79 Å². The zero-order valence-corrected chi connectivity index (χ0v) is 15.0. The Bertz CT molecular complexity index is 822. The van der Waals surface area contributed by atoms with Crippen molar-refractivity contribution in [2.75, 3.05) is 0 Å². The highest BCUT2D eigenvalue weighted by molar-refractivity contribution is 5.97. The van der Waals surface area contributed by atoms with Gasteiger partial charge in [0.15, 0.2) is 0 Å². The average Bonchev–Trinajstić information content (AvgIpc) is 3.09.